The number of thioether (sulfide) groups is 1. The zero-order valence-electron chi connectivity index (χ0n) is 16.5. The van der Waals surface area contributed by atoms with Crippen molar-refractivity contribution < 1.29 is 22.8 Å². The molecule has 0 saturated carbocycles. The summed E-state index contributed by atoms with van der Waals surface area (Å²) in [5.41, 5.74) is -0.00471. The van der Waals surface area contributed by atoms with E-state index in [9.17, 15) is 22.8 Å². The third-order valence-corrected chi connectivity index (χ3v) is 7.57. The maximum absolute atomic E-state index is 13.1. The molecular weight excluding hydrogens is 449 g/mol. The van der Waals surface area contributed by atoms with Gasteiger partial charge in [-0.3, -0.25) is 9.59 Å². The van der Waals surface area contributed by atoms with Crippen LogP contribution in [0.25, 0.3) is 0 Å². The van der Waals surface area contributed by atoms with Crippen LogP contribution in [0.4, 0.5) is 13.2 Å². The molecule has 2 fully saturated rings. The average molecular weight is 469 g/mol. The smallest absolute Gasteiger partial charge is 0.338 e. The summed E-state index contributed by atoms with van der Waals surface area (Å²) in [5, 5.41) is 0.499. The highest BCUT2D eigenvalue weighted by molar-refractivity contribution is 8.00. The van der Waals surface area contributed by atoms with Crippen LogP contribution < -0.4 is 0 Å². The van der Waals surface area contributed by atoms with Gasteiger partial charge in [-0.15, -0.1) is 11.8 Å². The number of benzene rings is 2. The van der Waals surface area contributed by atoms with E-state index in [1.807, 2.05) is 0 Å². The van der Waals surface area contributed by atoms with E-state index in [1.54, 1.807) is 45.8 Å². The fourth-order valence-corrected chi connectivity index (χ4v) is 5.78. The van der Waals surface area contributed by atoms with E-state index < -0.39 is 16.6 Å². The minimum atomic E-state index is -4.44. The number of amides is 2. The van der Waals surface area contributed by atoms with Gasteiger partial charge in [0.05, 0.1) is 10.4 Å². The lowest BCUT2D eigenvalue weighted by molar-refractivity contribution is -0.137. The molecule has 0 aliphatic carbocycles. The predicted octanol–water partition coefficient (Wildman–Crippen LogP) is 5.18. The third kappa shape index (κ3) is 4.41. The average Bonchev–Trinajstić information content (AvgIpc) is 3.15. The second-order valence-corrected chi connectivity index (χ2v) is 9.52. The zero-order chi connectivity index (χ0) is 22.2. The van der Waals surface area contributed by atoms with Crippen LogP contribution in [0.1, 0.15) is 39.1 Å². The molecule has 2 aromatic rings. The molecule has 0 N–H and O–H groups in total. The first kappa shape index (κ1) is 22.0. The zero-order valence-corrected chi connectivity index (χ0v) is 18.1. The van der Waals surface area contributed by atoms with E-state index in [0.29, 0.717) is 43.1 Å². The van der Waals surface area contributed by atoms with E-state index >= 15 is 0 Å². The van der Waals surface area contributed by atoms with E-state index in [-0.39, 0.29) is 17.4 Å². The van der Waals surface area contributed by atoms with Gasteiger partial charge < -0.3 is 9.80 Å². The lowest BCUT2D eigenvalue weighted by Crippen LogP contribution is -2.53. The van der Waals surface area contributed by atoms with E-state index in [2.05, 4.69) is 0 Å². The number of rotatable bonds is 2. The van der Waals surface area contributed by atoms with Gasteiger partial charge in [0.25, 0.3) is 11.8 Å². The van der Waals surface area contributed by atoms with Crippen molar-refractivity contribution in [1.29, 1.82) is 0 Å². The quantitative estimate of drug-likeness (QED) is 0.609. The van der Waals surface area contributed by atoms with Crippen LogP contribution in [-0.4, -0.2) is 51.9 Å². The molecule has 0 unspecified atom stereocenters. The van der Waals surface area contributed by atoms with Crippen molar-refractivity contribution in [3.05, 3.63) is 70.2 Å². The van der Waals surface area contributed by atoms with Crippen molar-refractivity contribution in [2.24, 2.45) is 0 Å². The van der Waals surface area contributed by atoms with Gasteiger partial charge in [0.15, 0.2) is 0 Å². The van der Waals surface area contributed by atoms with Gasteiger partial charge in [-0.25, -0.2) is 0 Å². The lowest BCUT2D eigenvalue weighted by atomic mass is 10.00. The Labute approximate surface area is 187 Å². The first-order valence-electron chi connectivity index (χ1n) is 9.88. The van der Waals surface area contributed by atoms with Crippen molar-refractivity contribution >= 4 is 35.2 Å². The molecular formula is C22H20ClF3N2O2S. The SMILES string of the molecule is O=C(c1cccc(Cl)c1)N1CCC2(CC1)SCCN2C(=O)c1ccc(C(F)(F)F)cc1. The van der Waals surface area contributed by atoms with Gasteiger partial charge in [0, 0.05) is 41.5 Å². The molecule has 0 atom stereocenters. The second-order valence-electron chi connectivity index (χ2n) is 7.63. The van der Waals surface area contributed by atoms with Crippen LogP contribution >= 0.6 is 23.4 Å². The summed E-state index contributed by atoms with van der Waals surface area (Å²) < 4.78 is 38.4. The molecule has 2 aliphatic rings. The summed E-state index contributed by atoms with van der Waals surface area (Å²) in [7, 11) is 0. The highest BCUT2D eigenvalue weighted by Gasteiger charge is 2.47. The van der Waals surface area contributed by atoms with Gasteiger partial charge in [0.1, 0.15) is 0 Å². The van der Waals surface area contributed by atoms with Crippen LogP contribution in [0.15, 0.2) is 48.5 Å². The Morgan fingerprint density at radius 2 is 1.61 bits per heavy atom. The first-order valence-corrected chi connectivity index (χ1v) is 11.2. The molecule has 164 valence electrons. The first-order chi connectivity index (χ1) is 14.7. The Morgan fingerprint density at radius 3 is 2.23 bits per heavy atom. The molecule has 1 spiro atoms. The molecule has 2 amide bonds. The summed E-state index contributed by atoms with van der Waals surface area (Å²) in [6, 6.07) is 11.2. The minimum absolute atomic E-state index is 0.0963. The van der Waals surface area contributed by atoms with E-state index in [0.717, 1.165) is 17.9 Å². The Morgan fingerprint density at radius 1 is 0.935 bits per heavy atom. The Hall–Kier alpha value is -2.19. The second kappa shape index (κ2) is 8.39. The largest absolute Gasteiger partial charge is 0.416 e. The van der Waals surface area contributed by atoms with Crippen molar-refractivity contribution in [2.75, 3.05) is 25.4 Å². The summed E-state index contributed by atoms with van der Waals surface area (Å²) in [4.78, 5) is 29.0. The van der Waals surface area contributed by atoms with Gasteiger partial charge in [0.2, 0.25) is 0 Å². The fourth-order valence-electron chi connectivity index (χ4n) is 4.13. The monoisotopic (exact) mass is 468 g/mol. The highest BCUT2D eigenvalue weighted by Crippen LogP contribution is 2.45. The lowest BCUT2D eigenvalue weighted by Gasteiger charge is -2.44. The van der Waals surface area contributed by atoms with Gasteiger partial charge in [-0.2, -0.15) is 13.2 Å². The molecule has 4 nitrogen and oxygen atoms in total. The maximum atomic E-state index is 13.1. The fraction of sp³-hybridized carbons (Fsp3) is 0.364. The summed E-state index contributed by atoms with van der Waals surface area (Å²) >= 11 is 7.67. The third-order valence-electron chi connectivity index (χ3n) is 5.79. The molecule has 0 bridgehead atoms. The molecule has 9 heteroatoms. The number of halogens is 4. The number of nitrogens with zero attached hydrogens (tertiary/aromatic N) is 2. The molecule has 2 heterocycles. The topological polar surface area (TPSA) is 40.6 Å². The predicted molar refractivity (Wildman–Crippen MR) is 114 cm³/mol. The van der Waals surface area contributed by atoms with Gasteiger partial charge >= 0.3 is 6.18 Å². The van der Waals surface area contributed by atoms with E-state index in [4.69, 9.17) is 11.6 Å². The standard InChI is InChI=1S/C22H20ClF3N2O2S/c23-18-3-1-2-16(14-18)19(29)27-10-8-21(9-11-27)28(12-13-31-21)20(30)15-4-6-17(7-5-15)22(24,25)26/h1-7,14H,8-13H2. The summed E-state index contributed by atoms with van der Waals surface area (Å²) in [6.07, 6.45) is -3.22. The number of hydrogen-bond donors (Lipinski definition) is 0. The van der Waals surface area contributed by atoms with Crippen molar-refractivity contribution in [3.8, 4) is 0 Å². The Kier molecular flexibility index (Phi) is 5.96. The van der Waals surface area contributed by atoms with Crippen molar-refractivity contribution in [2.45, 2.75) is 23.9 Å². The van der Waals surface area contributed by atoms with Crippen LogP contribution in [0, 0.1) is 0 Å². The Bertz CT molecular complexity index is 989. The number of hydrogen-bond acceptors (Lipinski definition) is 3. The van der Waals surface area contributed by atoms with Crippen LogP contribution in [-0.2, 0) is 6.18 Å². The molecule has 4 rings (SSSR count). The number of likely N-dealkylation sites (tertiary alicyclic amines) is 1. The number of piperidine rings is 1. The van der Waals surface area contributed by atoms with Crippen LogP contribution in [0.5, 0.6) is 0 Å². The van der Waals surface area contributed by atoms with Crippen LogP contribution in [0.2, 0.25) is 5.02 Å². The van der Waals surface area contributed by atoms with Crippen LogP contribution in [0.3, 0.4) is 0 Å². The molecule has 2 aliphatic heterocycles. The molecule has 0 aromatic heterocycles. The van der Waals surface area contributed by atoms with Crippen molar-refractivity contribution in [1.82, 2.24) is 9.80 Å². The normalized spacial score (nSPS) is 18.5. The molecule has 31 heavy (non-hydrogen) atoms. The summed E-state index contributed by atoms with van der Waals surface area (Å²) in [5.74, 6) is 0.392. The maximum Gasteiger partial charge on any atom is 0.416 e. The highest BCUT2D eigenvalue weighted by atomic mass is 35.5. The number of alkyl halides is 3. The Balaban J connectivity index is 1.46. The van der Waals surface area contributed by atoms with Gasteiger partial charge in [-0.05, 0) is 55.3 Å². The molecule has 2 aromatic carbocycles. The number of carbonyl (C=O) groups is 2. The molecule has 2 saturated heterocycles. The number of carbonyl (C=O) groups excluding carboxylic acids is 2. The van der Waals surface area contributed by atoms with Crippen molar-refractivity contribution in [3.63, 3.8) is 0 Å². The van der Waals surface area contributed by atoms with E-state index in [1.165, 1.54) is 12.1 Å². The van der Waals surface area contributed by atoms with Gasteiger partial charge in [-0.1, -0.05) is 17.7 Å². The molecule has 0 radical (unpaired) electrons. The summed E-state index contributed by atoms with van der Waals surface area (Å²) in [6.45, 7) is 1.52. The minimum Gasteiger partial charge on any atom is -0.338 e.